The Labute approximate surface area is 428 Å². The summed E-state index contributed by atoms with van der Waals surface area (Å²) >= 11 is 25.9. The number of benzene rings is 2. The third kappa shape index (κ3) is 8.41. The Balaban J connectivity index is 0.000000147. The number of ether oxygens (including phenoxy) is 1. The molecule has 13 nitrogen and oxygen atoms in total. The average Bonchev–Trinajstić information content (AvgIpc) is 4.21. The van der Waals surface area contributed by atoms with E-state index < -0.39 is 0 Å². The highest BCUT2D eigenvalue weighted by Gasteiger charge is 2.46. The zero-order valence-electron chi connectivity index (χ0n) is 38.9. The Hall–Kier alpha value is -6.35. The molecule has 1 amide bonds. The maximum Gasteiger partial charge on any atom is 0.219 e. The SMILES string of the molecule is CC(=O)N1CC2(CCC(n3cc(-c4cnc5ccn6cc(-c7c(Cl)cccc7Cl)nc6c5c4)cn3)CC2)C1.Cc1c(-c2c(Cl)cccc2Cl)nc2c3cc(-c4cnn(C5CCOCC5)c4)cnc3ccn12. The second-order valence-electron chi connectivity index (χ2n) is 19.1. The first kappa shape index (κ1) is 45.8. The Morgan fingerprint density at radius 1 is 0.648 bits per heavy atom. The van der Waals surface area contributed by atoms with Crippen molar-refractivity contribution in [2.45, 2.75) is 64.5 Å². The van der Waals surface area contributed by atoms with Crippen LogP contribution in [0.2, 0.25) is 20.1 Å². The smallest absolute Gasteiger partial charge is 0.219 e. The van der Waals surface area contributed by atoms with E-state index in [4.69, 9.17) is 76.2 Å². The zero-order valence-corrected chi connectivity index (χ0v) is 42.0. The normalized spacial score (nSPS) is 16.3. The Morgan fingerprint density at radius 2 is 1.20 bits per heavy atom. The third-order valence-electron chi connectivity index (χ3n) is 14.7. The van der Waals surface area contributed by atoms with Crippen LogP contribution in [0, 0.1) is 12.3 Å². The Bertz CT molecular complexity index is 3650. The number of carbonyl (C=O) groups is 1. The van der Waals surface area contributed by atoms with E-state index in [1.807, 2.05) is 108 Å². The Kier molecular flexibility index (Phi) is 11.8. The summed E-state index contributed by atoms with van der Waals surface area (Å²) in [6.07, 6.45) is 24.2. The van der Waals surface area contributed by atoms with E-state index >= 15 is 0 Å². The number of aryl methyl sites for hydroxylation is 1. The van der Waals surface area contributed by atoms with Crippen molar-refractivity contribution in [2.24, 2.45) is 5.41 Å². The van der Waals surface area contributed by atoms with Crippen LogP contribution in [0.25, 0.3) is 77.9 Å². The van der Waals surface area contributed by atoms with Gasteiger partial charge in [-0.2, -0.15) is 10.2 Å². The van der Waals surface area contributed by atoms with Crippen LogP contribution in [-0.4, -0.2) is 85.4 Å². The molecule has 2 aliphatic heterocycles. The number of halogens is 4. The minimum atomic E-state index is 0.190. The number of imidazole rings is 2. The van der Waals surface area contributed by atoms with E-state index in [2.05, 4.69) is 43.4 Å². The lowest BCUT2D eigenvalue weighted by Gasteiger charge is -2.53. The summed E-state index contributed by atoms with van der Waals surface area (Å²) in [4.78, 5) is 32.9. The summed E-state index contributed by atoms with van der Waals surface area (Å²) in [6, 6.07) is 20.0. The molecule has 8 aromatic heterocycles. The summed E-state index contributed by atoms with van der Waals surface area (Å²) in [7, 11) is 0. The lowest BCUT2D eigenvalue weighted by Crippen LogP contribution is -2.59. The zero-order chi connectivity index (χ0) is 48.5. The minimum absolute atomic E-state index is 0.190. The molecule has 0 radical (unpaired) electrons. The first-order chi connectivity index (χ1) is 34.5. The van der Waals surface area contributed by atoms with Crippen molar-refractivity contribution in [3.8, 4) is 44.8 Å². The van der Waals surface area contributed by atoms with Crippen LogP contribution in [0.15, 0.2) is 116 Å². The summed E-state index contributed by atoms with van der Waals surface area (Å²) in [5.74, 6) is 0.190. The second-order valence-corrected chi connectivity index (χ2v) is 20.7. The van der Waals surface area contributed by atoms with Gasteiger partial charge >= 0.3 is 0 Å². The number of rotatable bonds is 6. The van der Waals surface area contributed by atoms with E-state index in [0.29, 0.717) is 37.6 Å². The molecule has 71 heavy (non-hydrogen) atoms. The van der Waals surface area contributed by atoms with Crippen molar-refractivity contribution < 1.29 is 9.53 Å². The maximum absolute atomic E-state index is 11.6. The maximum atomic E-state index is 11.6. The van der Waals surface area contributed by atoms with Crippen LogP contribution in [0.1, 0.15) is 63.2 Å². The van der Waals surface area contributed by atoms with Gasteiger partial charge in [0.2, 0.25) is 5.91 Å². The minimum Gasteiger partial charge on any atom is -0.381 e. The molecule has 2 aromatic carbocycles. The number of nitrogens with zero attached hydrogens (tertiary/aromatic N) is 11. The molecule has 1 saturated carbocycles. The number of carbonyl (C=O) groups excluding carboxylic acids is 1. The number of fused-ring (bicyclic) bond motifs is 6. The van der Waals surface area contributed by atoms with Crippen molar-refractivity contribution in [3.63, 3.8) is 0 Å². The van der Waals surface area contributed by atoms with Gasteiger partial charge in [-0.25, -0.2) is 9.97 Å². The van der Waals surface area contributed by atoms with E-state index in [1.54, 1.807) is 6.92 Å². The van der Waals surface area contributed by atoms with E-state index in [9.17, 15) is 4.79 Å². The first-order valence-electron chi connectivity index (χ1n) is 23.9. The van der Waals surface area contributed by atoms with Crippen molar-refractivity contribution in [1.82, 2.24) is 53.2 Å². The first-order valence-corrected chi connectivity index (χ1v) is 25.4. The summed E-state index contributed by atoms with van der Waals surface area (Å²) < 4.78 is 13.7. The quantitative estimate of drug-likeness (QED) is 0.161. The van der Waals surface area contributed by atoms with Gasteiger partial charge in [0.25, 0.3) is 0 Å². The highest BCUT2D eigenvalue weighted by Crippen LogP contribution is 2.47. The van der Waals surface area contributed by atoms with Crippen molar-refractivity contribution >= 4 is 85.4 Å². The van der Waals surface area contributed by atoms with Gasteiger partial charge < -0.3 is 18.4 Å². The molecule has 3 aliphatic rings. The molecule has 3 fully saturated rings. The van der Waals surface area contributed by atoms with E-state index in [-0.39, 0.29) is 5.91 Å². The number of aromatic nitrogens is 10. The topological polar surface area (TPSA) is 126 Å². The van der Waals surface area contributed by atoms with Crippen LogP contribution in [-0.2, 0) is 9.53 Å². The second kappa shape index (κ2) is 18.4. The van der Waals surface area contributed by atoms with Crippen molar-refractivity contribution in [2.75, 3.05) is 26.3 Å². The van der Waals surface area contributed by atoms with Crippen LogP contribution >= 0.6 is 46.4 Å². The lowest BCUT2D eigenvalue weighted by atomic mass is 9.67. The average molecular weight is 1020 g/mol. The van der Waals surface area contributed by atoms with Crippen LogP contribution in [0.3, 0.4) is 0 Å². The molecule has 2 saturated heterocycles. The fraction of sp³-hybridized carbons (Fsp3) is 0.278. The fourth-order valence-corrected chi connectivity index (χ4v) is 11.9. The van der Waals surface area contributed by atoms with Crippen molar-refractivity contribution in [1.29, 1.82) is 0 Å². The van der Waals surface area contributed by atoms with Crippen LogP contribution in [0.4, 0.5) is 0 Å². The van der Waals surface area contributed by atoms with Gasteiger partial charge in [-0.15, -0.1) is 0 Å². The number of pyridine rings is 4. The highest BCUT2D eigenvalue weighted by molar-refractivity contribution is 6.39. The van der Waals surface area contributed by atoms with Gasteiger partial charge in [0.15, 0.2) is 0 Å². The number of hydrogen-bond donors (Lipinski definition) is 0. The molecule has 0 bridgehead atoms. The van der Waals surface area contributed by atoms with Gasteiger partial charge in [0.05, 0.1) is 67.0 Å². The standard InChI is InChI=1S/C29H26Cl2N6O.C25H21Cl2N5O/c1-18(38)36-16-29(17-36)8-5-21(6-9-29)37-14-20(13-33-37)19-11-22-25(32-12-19)7-10-35-15-26(34-28(22)35)27-23(30)3-2-4-24(27)31;1-15-24(23-20(26)3-2-4-21(23)27)30-25-19-11-16(12-28-22(19)5-8-31(15)25)17-13-29-32(14-17)18-6-9-33-10-7-18/h2-4,7,10-15,21H,5-6,8-9,16-17H2,1H3;2-5,8,11-14,18H,6-7,9-10H2,1H3. The monoisotopic (exact) mass is 1020 g/mol. The number of amides is 1. The molecule has 10 heterocycles. The van der Waals surface area contributed by atoms with Crippen molar-refractivity contribution in [3.05, 3.63) is 142 Å². The molecule has 0 unspecified atom stereocenters. The molecular formula is C54H47Cl4N11O2. The molecule has 0 atom stereocenters. The molecule has 0 N–H and O–H groups in total. The molecule has 1 aliphatic carbocycles. The predicted octanol–water partition coefficient (Wildman–Crippen LogP) is 13.1. The molecule has 10 aromatic rings. The molecule has 17 heteroatoms. The number of likely N-dealkylation sites (tertiary alicyclic amines) is 1. The van der Waals surface area contributed by atoms with Gasteiger partial charge in [-0.1, -0.05) is 58.5 Å². The number of hydrogen-bond acceptors (Lipinski definition) is 8. The summed E-state index contributed by atoms with van der Waals surface area (Å²) in [6.45, 7) is 7.08. The van der Waals surface area contributed by atoms with Gasteiger partial charge in [-0.05, 0) is 94.0 Å². The Morgan fingerprint density at radius 3 is 1.79 bits per heavy atom. The third-order valence-corrected chi connectivity index (χ3v) is 16.0. The van der Waals surface area contributed by atoms with Crippen LogP contribution in [0.5, 0.6) is 0 Å². The predicted molar refractivity (Wildman–Crippen MR) is 280 cm³/mol. The fourth-order valence-electron chi connectivity index (χ4n) is 10.7. The lowest BCUT2D eigenvalue weighted by molar-refractivity contribution is -0.143. The van der Waals surface area contributed by atoms with Gasteiger partial charge in [-0.3, -0.25) is 24.1 Å². The largest absolute Gasteiger partial charge is 0.381 e. The molecule has 358 valence electrons. The highest BCUT2D eigenvalue weighted by atomic mass is 35.5. The van der Waals surface area contributed by atoms with E-state index in [1.165, 1.54) is 0 Å². The molecule has 1 spiro atoms. The molecule has 13 rings (SSSR count). The van der Waals surface area contributed by atoms with Gasteiger partial charge in [0, 0.05) is 132 Å². The molecular weight excluding hydrogens is 976 g/mol. The van der Waals surface area contributed by atoms with Crippen LogP contribution < -0.4 is 0 Å². The van der Waals surface area contributed by atoms with E-state index in [0.717, 1.165) is 148 Å². The summed E-state index contributed by atoms with van der Waals surface area (Å²) in [5.41, 5.74) is 11.7. The van der Waals surface area contributed by atoms with Gasteiger partial charge in [0.1, 0.15) is 11.3 Å². The summed E-state index contributed by atoms with van der Waals surface area (Å²) in [5, 5.41) is 13.6.